The van der Waals surface area contributed by atoms with Crippen LogP contribution in [-0.4, -0.2) is 24.9 Å². The fraction of sp³-hybridized carbons (Fsp3) is 0.0952. The van der Waals surface area contributed by atoms with Crippen LogP contribution in [-0.2, 0) is 0 Å². The molecule has 0 spiro atoms. The standard InChI is InChI=1S/C21H17ClFN7/c22-13-5-3-12(4-6-13)17(15-7-10-27-20(24)29-15)18(14-2-1-9-26-19(14)23)16-8-11-28-21(25)30-16/h1-11,17-18H,(H2,24,27,29)(H2,25,28,30). The highest BCUT2D eigenvalue weighted by Gasteiger charge is 2.33. The van der Waals surface area contributed by atoms with E-state index >= 15 is 0 Å². The third kappa shape index (κ3) is 4.04. The molecule has 4 aromatic rings. The van der Waals surface area contributed by atoms with Gasteiger partial charge in [0.25, 0.3) is 0 Å². The van der Waals surface area contributed by atoms with Gasteiger partial charge in [-0.05, 0) is 35.9 Å². The first kappa shape index (κ1) is 19.7. The van der Waals surface area contributed by atoms with Crippen molar-refractivity contribution in [3.63, 3.8) is 0 Å². The summed E-state index contributed by atoms with van der Waals surface area (Å²) >= 11 is 6.09. The summed E-state index contributed by atoms with van der Waals surface area (Å²) in [6.07, 6.45) is 4.49. The van der Waals surface area contributed by atoms with Crippen molar-refractivity contribution in [3.05, 3.63) is 101 Å². The fourth-order valence-corrected chi connectivity index (χ4v) is 3.59. The van der Waals surface area contributed by atoms with Crippen LogP contribution in [0.2, 0.25) is 5.02 Å². The highest BCUT2D eigenvalue weighted by molar-refractivity contribution is 6.30. The van der Waals surface area contributed by atoms with Crippen LogP contribution < -0.4 is 11.5 Å². The molecule has 30 heavy (non-hydrogen) atoms. The second-order valence-corrected chi connectivity index (χ2v) is 7.01. The molecule has 0 aliphatic carbocycles. The maximum atomic E-state index is 14.9. The van der Waals surface area contributed by atoms with E-state index in [-0.39, 0.29) is 11.9 Å². The van der Waals surface area contributed by atoms with E-state index in [4.69, 9.17) is 23.1 Å². The maximum Gasteiger partial charge on any atom is 0.220 e. The largest absolute Gasteiger partial charge is 0.368 e. The van der Waals surface area contributed by atoms with Gasteiger partial charge in [-0.15, -0.1) is 0 Å². The summed E-state index contributed by atoms with van der Waals surface area (Å²) in [5, 5.41) is 0.579. The van der Waals surface area contributed by atoms with Crippen LogP contribution in [0.15, 0.2) is 67.1 Å². The van der Waals surface area contributed by atoms with Gasteiger partial charge in [0.1, 0.15) is 0 Å². The smallest absolute Gasteiger partial charge is 0.220 e. The number of halogens is 2. The van der Waals surface area contributed by atoms with Crippen molar-refractivity contribution in [1.82, 2.24) is 24.9 Å². The van der Waals surface area contributed by atoms with Gasteiger partial charge in [-0.3, -0.25) is 0 Å². The molecule has 0 saturated carbocycles. The number of hydrogen-bond acceptors (Lipinski definition) is 7. The maximum absolute atomic E-state index is 14.9. The summed E-state index contributed by atoms with van der Waals surface area (Å²) < 4.78 is 14.9. The van der Waals surface area contributed by atoms with Crippen LogP contribution in [0.1, 0.15) is 34.4 Å². The normalized spacial score (nSPS) is 13.0. The highest BCUT2D eigenvalue weighted by atomic mass is 35.5. The van der Waals surface area contributed by atoms with Crippen LogP contribution in [0.3, 0.4) is 0 Å². The molecule has 0 bridgehead atoms. The van der Waals surface area contributed by atoms with E-state index in [1.54, 1.807) is 42.6 Å². The van der Waals surface area contributed by atoms with Crippen LogP contribution in [0.4, 0.5) is 16.3 Å². The number of pyridine rings is 1. The summed E-state index contributed by atoms with van der Waals surface area (Å²) in [6, 6.07) is 14.0. The Kier molecular flexibility index (Phi) is 5.49. The molecule has 1 aromatic carbocycles. The van der Waals surface area contributed by atoms with Crippen molar-refractivity contribution >= 4 is 23.5 Å². The second-order valence-electron chi connectivity index (χ2n) is 6.57. The first-order chi connectivity index (χ1) is 14.5. The molecule has 0 saturated heterocycles. The Balaban J connectivity index is 1.99. The van der Waals surface area contributed by atoms with E-state index in [0.717, 1.165) is 5.56 Å². The van der Waals surface area contributed by atoms with Crippen LogP contribution in [0.25, 0.3) is 0 Å². The number of nitrogen functional groups attached to an aromatic ring is 2. The molecule has 0 radical (unpaired) electrons. The molecule has 0 fully saturated rings. The molecule has 4 N–H and O–H groups in total. The molecule has 7 nitrogen and oxygen atoms in total. The summed E-state index contributed by atoms with van der Waals surface area (Å²) in [5.41, 5.74) is 14.0. The lowest BCUT2D eigenvalue weighted by Crippen LogP contribution is -2.19. The minimum absolute atomic E-state index is 0.0823. The van der Waals surface area contributed by atoms with E-state index in [2.05, 4.69) is 24.9 Å². The van der Waals surface area contributed by atoms with Gasteiger partial charge in [-0.2, -0.15) is 4.39 Å². The van der Waals surface area contributed by atoms with Crippen molar-refractivity contribution in [2.45, 2.75) is 11.8 Å². The lowest BCUT2D eigenvalue weighted by molar-refractivity contribution is 0.537. The topological polar surface area (TPSA) is 116 Å². The number of aromatic nitrogens is 5. The van der Waals surface area contributed by atoms with Crippen molar-refractivity contribution in [2.24, 2.45) is 0 Å². The molecule has 2 unspecified atom stereocenters. The number of nitrogens with two attached hydrogens (primary N) is 2. The van der Waals surface area contributed by atoms with Crippen molar-refractivity contribution < 1.29 is 4.39 Å². The third-order valence-electron chi connectivity index (χ3n) is 4.71. The summed E-state index contributed by atoms with van der Waals surface area (Å²) in [6.45, 7) is 0. The van der Waals surface area contributed by atoms with Crippen molar-refractivity contribution in [3.8, 4) is 0 Å². The van der Waals surface area contributed by atoms with Crippen molar-refractivity contribution in [1.29, 1.82) is 0 Å². The lowest BCUT2D eigenvalue weighted by atomic mass is 9.77. The predicted molar refractivity (Wildman–Crippen MR) is 112 cm³/mol. The number of hydrogen-bond donors (Lipinski definition) is 2. The second kappa shape index (κ2) is 8.38. The Hall–Kier alpha value is -3.65. The Morgan fingerprint density at radius 2 is 1.33 bits per heavy atom. The number of benzene rings is 1. The molecular weight excluding hydrogens is 405 g/mol. The van der Waals surface area contributed by atoms with Gasteiger partial charge < -0.3 is 11.5 Å². The van der Waals surface area contributed by atoms with Crippen LogP contribution >= 0.6 is 11.6 Å². The number of anilines is 2. The van der Waals surface area contributed by atoms with Gasteiger partial charge in [-0.25, -0.2) is 24.9 Å². The Morgan fingerprint density at radius 1 is 0.733 bits per heavy atom. The first-order valence-corrected chi connectivity index (χ1v) is 9.43. The molecular formula is C21H17ClFN7. The van der Waals surface area contributed by atoms with Crippen LogP contribution in [0, 0.1) is 5.95 Å². The van der Waals surface area contributed by atoms with Gasteiger partial charge in [0.15, 0.2) is 0 Å². The van der Waals surface area contributed by atoms with E-state index in [0.29, 0.717) is 22.0 Å². The fourth-order valence-electron chi connectivity index (χ4n) is 3.47. The number of rotatable bonds is 5. The minimum Gasteiger partial charge on any atom is -0.368 e. The molecule has 2 atom stereocenters. The summed E-state index contributed by atoms with van der Waals surface area (Å²) in [5.74, 6) is -1.50. The van der Waals surface area contributed by atoms with E-state index in [9.17, 15) is 4.39 Å². The average molecular weight is 422 g/mol. The molecule has 3 aromatic heterocycles. The zero-order valence-corrected chi connectivity index (χ0v) is 16.4. The van der Waals surface area contributed by atoms with Gasteiger partial charge >= 0.3 is 0 Å². The predicted octanol–water partition coefficient (Wildman–Crippen LogP) is 3.58. The average Bonchev–Trinajstić information content (AvgIpc) is 2.74. The zero-order chi connectivity index (χ0) is 21.1. The summed E-state index contributed by atoms with van der Waals surface area (Å²) in [7, 11) is 0. The van der Waals surface area contributed by atoms with Gasteiger partial charge in [0.05, 0.1) is 11.4 Å². The van der Waals surface area contributed by atoms with Gasteiger partial charge in [-0.1, -0.05) is 29.8 Å². The minimum atomic E-state index is -0.612. The first-order valence-electron chi connectivity index (χ1n) is 9.05. The highest BCUT2D eigenvalue weighted by Crippen LogP contribution is 2.42. The Bertz CT molecular complexity index is 1170. The van der Waals surface area contributed by atoms with E-state index in [1.165, 1.54) is 12.4 Å². The lowest BCUT2D eigenvalue weighted by Gasteiger charge is -2.27. The quantitative estimate of drug-likeness (QED) is 0.473. The molecule has 0 amide bonds. The Labute approximate surface area is 177 Å². The molecule has 9 heteroatoms. The molecule has 150 valence electrons. The zero-order valence-electron chi connectivity index (χ0n) is 15.7. The molecule has 3 heterocycles. The van der Waals surface area contributed by atoms with E-state index in [1.807, 2.05) is 12.1 Å². The summed E-state index contributed by atoms with van der Waals surface area (Å²) in [4.78, 5) is 20.6. The molecule has 4 rings (SSSR count). The Morgan fingerprint density at radius 3 is 1.90 bits per heavy atom. The SMILES string of the molecule is Nc1nccc(C(c2ccc(Cl)cc2)C(c2ccnc(N)n2)c2cccnc2F)n1. The van der Waals surface area contributed by atoms with Crippen LogP contribution in [0.5, 0.6) is 0 Å². The monoisotopic (exact) mass is 421 g/mol. The molecule has 0 aliphatic heterocycles. The van der Waals surface area contributed by atoms with E-state index < -0.39 is 17.8 Å². The third-order valence-corrected chi connectivity index (χ3v) is 4.97. The van der Waals surface area contributed by atoms with Gasteiger partial charge in [0, 0.05) is 41.0 Å². The number of nitrogens with zero attached hydrogens (tertiary/aromatic N) is 5. The van der Waals surface area contributed by atoms with Gasteiger partial charge in [0.2, 0.25) is 17.8 Å². The molecule has 0 aliphatic rings. The van der Waals surface area contributed by atoms with Crippen molar-refractivity contribution in [2.75, 3.05) is 11.5 Å².